The van der Waals surface area contributed by atoms with Crippen LogP contribution in [0, 0.1) is 5.92 Å². The van der Waals surface area contributed by atoms with E-state index in [1.807, 2.05) is 0 Å². The monoisotopic (exact) mass is 360 g/mol. The summed E-state index contributed by atoms with van der Waals surface area (Å²) in [6.07, 6.45) is 2.84. The van der Waals surface area contributed by atoms with E-state index in [0.717, 1.165) is 0 Å². The molecule has 1 saturated heterocycles. The van der Waals surface area contributed by atoms with E-state index in [1.165, 1.54) is 6.08 Å². The number of hydrogen-bond acceptors (Lipinski definition) is 6. The Bertz CT molecular complexity index is 629. The second kappa shape index (κ2) is 5.94. The van der Waals surface area contributed by atoms with Gasteiger partial charge in [0.25, 0.3) is 5.91 Å². The van der Waals surface area contributed by atoms with E-state index in [9.17, 15) is 9.36 Å². The summed E-state index contributed by atoms with van der Waals surface area (Å²) in [6, 6.07) is -0.188. The number of nitrogens with one attached hydrogen (secondary N) is 1. The maximum absolute atomic E-state index is 11.4. The number of rotatable bonds is 4. The minimum Gasteiger partial charge on any atom is -0.344 e. The number of amides is 1. The average molecular weight is 360 g/mol. The SMILES string of the molecule is C=C1NC(=O)C=CN1C1CC(COP(=O)(O)O)[C@H]2OC(C)(C)OC12. The number of nitrogens with zero attached hydrogens (tertiary/aromatic N) is 1. The molecule has 4 atom stereocenters. The van der Waals surface area contributed by atoms with E-state index in [-0.39, 0.29) is 36.7 Å². The maximum atomic E-state index is 11.4. The van der Waals surface area contributed by atoms with Crippen LogP contribution in [-0.4, -0.2) is 51.2 Å². The molecule has 2 aliphatic heterocycles. The highest BCUT2D eigenvalue weighted by Crippen LogP contribution is 2.46. The summed E-state index contributed by atoms with van der Waals surface area (Å²) in [7, 11) is -4.56. The average Bonchev–Trinajstić information content (AvgIpc) is 2.90. The Morgan fingerprint density at radius 1 is 1.46 bits per heavy atom. The number of hydrogen-bond donors (Lipinski definition) is 3. The van der Waals surface area contributed by atoms with E-state index in [0.29, 0.717) is 12.2 Å². The van der Waals surface area contributed by atoms with Crippen LogP contribution in [0.3, 0.4) is 0 Å². The Hall–Kier alpha value is -1.22. The van der Waals surface area contributed by atoms with Crippen molar-refractivity contribution in [1.82, 2.24) is 10.2 Å². The van der Waals surface area contributed by atoms with Gasteiger partial charge in [-0.25, -0.2) is 4.57 Å². The number of fused-ring (bicyclic) bond motifs is 1. The van der Waals surface area contributed by atoms with Crippen LogP contribution in [0.5, 0.6) is 0 Å². The smallest absolute Gasteiger partial charge is 0.344 e. The summed E-state index contributed by atoms with van der Waals surface area (Å²) in [5.74, 6) is -0.890. The van der Waals surface area contributed by atoms with Crippen LogP contribution < -0.4 is 5.32 Å². The molecule has 2 heterocycles. The third kappa shape index (κ3) is 3.56. The summed E-state index contributed by atoms with van der Waals surface area (Å²) < 4.78 is 27.5. The lowest BCUT2D eigenvalue weighted by atomic mass is 10.1. The van der Waals surface area contributed by atoms with E-state index < -0.39 is 13.6 Å². The molecular weight excluding hydrogens is 339 g/mol. The van der Waals surface area contributed by atoms with Gasteiger partial charge in [-0.3, -0.25) is 9.32 Å². The van der Waals surface area contributed by atoms with Crippen molar-refractivity contribution in [3.05, 3.63) is 24.7 Å². The molecule has 1 amide bonds. The van der Waals surface area contributed by atoms with Gasteiger partial charge in [-0.1, -0.05) is 6.58 Å². The molecular formula is C14H21N2O7P. The highest BCUT2D eigenvalue weighted by molar-refractivity contribution is 7.46. The largest absolute Gasteiger partial charge is 0.469 e. The molecule has 3 rings (SSSR count). The van der Waals surface area contributed by atoms with Crippen molar-refractivity contribution < 1.29 is 33.1 Å². The molecule has 10 heteroatoms. The van der Waals surface area contributed by atoms with Gasteiger partial charge in [-0.2, -0.15) is 0 Å². The van der Waals surface area contributed by atoms with E-state index in [2.05, 4.69) is 16.4 Å². The summed E-state index contributed by atoms with van der Waals surface area (Å²) in [4.78, 5) is 31.1. The number of ether oxygens (including phenoxy) is 2. The van der Waals surface area contributed by atoms with Gasteiger partial charge >= 0.3 is 7.82 Å². The van der Waals surface area contributed by atoms with E-state index >= 15 is 0 Å². The highest BCUT2D eigenvalue weighted by Gasteiger charge is 2.56. The summed E-state index contributed by atoms with van der Waals surface area (Å²) >= 11 is 0. The predicted octanol–water partition coefficient (Wildman–Crippen LogP) is 0.421. The van der Waals surface area contributed by atoms with Crippen LogP contribution in [0.1, 0.15) is 20.3 Å². The molecule has 3 aliphatic rings. The highest BCUT2D eigenvalue weighted by atomic mass is 31.2. The Morgan fingerprint density at radius 2 is 2.12 bits per heavy atom. The van der Waals surface area contributed by atoms with Crippen LogP contribution in [-0.2, 0) is 23.4 Å². The molecule has 0 radical (unpaired) electrons. The summed E-state index contributed by atoms with van der Waals surface area (Å²) in [5, 5.41) is 2.63. The summed E-state index contributed by atoms with van der Waals surface area (Å²) in [5.41, 5.74) is 0. The third-order valence-electron chi connectivity index (χ3n) is 4.33. The number of carbonyl (C=O) groups is 1. The lowest BCUT2D eigenvalue weighted by Gasteiger charge is -2.34. The Balaban J connectivity index is 1.80. The number of carbonyl (C=O) groups excluding carboxylic acids is 1. The van der Waals surface area contributed by atoms with Crippen LogP contribution in [0.25, 0.3) is 0 Å². The van der Waals surface area contributed by atoms with Crippen molar-refractivity contribution >= 4 is 13.7 Å². The van der Waals surface area contributed by atoms with Gasteiger partial charge in [0.15, 0.2) is 5.79 Å². The molecule has 0 aromatic rings. The normalized spacial score (nSPS) is 35.2. The van der Waals surface area contributed by atoms with Crippen molar-refractivity contribution in [2.45, 2.75) is 44.3 Å². The van der Waals surface area contributed by atoms with Crippen LogP contribution in [0.15, 0.2) is 24.7 Å². The molecule has 0 bridgehead atoms. The molecule has 0 aromatic carbocycles. The standard InChI is InChI=1S/C14H21N2O7P/c1-8-15-11(17)4-5-16(8)10-6-9(7-21-24(18,19)20)12-13(10)23-14(2,3)22-12/h4-5,9-10,12-13H,1,6-7H2,2-3H3,(H,15,17)(H2,18,19,20)/t9?,10?,12-,13?/m1/s1. The van der Waals surface area contributed by atoms with Gasteiger partial charge < -0.3 is 29.5 Å². The van der Waals surface area contributed by atoms with Crippen LogP contribution >= 0.6 is 7.82 Å². The van der Waals surface area contributed by atoms with Crippen molar-refractivity contribution in [2.24, 2.45) is 5.92 Å². The lowest BCUT2D eigenvalue weighted by Crippen LogP contribution is -2.45. The van der Waals surface area contributed by atoms with Crippen LogP contribution in [0.2, 0.25) is 0 Å². The van der Waals surface area contributed by atoms with Crippen molar-refractivity contribution in [3.8, 4) is 0 Å². The van der Waals surface area contributed by atoms with Crippen molar-refractivity contribution in [3.63, 3.8) is 0 Å². The minimum atomic E-state index is -4.56. The molecule has 9 nitrogen and oxygen atoms in total. The first-order valence-corrected chi connectivity index (χ1v) is 9.11. The first kappa shape index (κ1) is 17.6. The van der Waals surface area contributed by atoms with Gasteiger partial charge in [-0.15, -0.1) is 0 Å². The lowest BCUT2D eigenvalue weighted by molar-refractivity contribution is -0.162. The molecule has 3 unspecified atom stereocenters. The molecule has 1 aliphatic carbocycles. The third-order valence-corrected chi connectivity index (χ3v) is 4.82. The Labute approximate surface area is 139 Å². The topological polar surface area (TPSA) is 118 Å². The molecule has 2 fully saturated rings. The zero-order chi connectivity index (χ0) is 17.7. The van der Waals surface area contributed by atoms with Gasteiger partial charge in [0, 0.05) is 18.2 Å². The Kier molecular flexibility index (Phi) is 4.36. The zero-order valence-corrected chi connectivity index (χ0v) is 14.3. The van der Waals surface area contributed by atoms with Gasteiger partial charge in [0.05, 0.1) is 18.8 Å². The van der Waals surface area contributed by atoms with Gasteiger partial charge in [0.2, 0.25) is 0 Å². The quantitative estimate of drug-likeness (QED) is 0.618. The fourth-order valence-electron chi connectivity index (χ4n) is 3.48. The fourth-order valence-corrected chi connectivity index (χ4v) is 3.87. The maximum Gasteiger partial charge on any atom is 0.469 e. The fraction of sp³-hybridized carbons (Fsp3) is 0.643. The van der Waals surface area contributed by atoms with Crippen molar-refractivity contribution in [2.75, 3.05) is 6.61 Å². The summed E-state index contributed by atoms with van der Waals surface area (Å²) in [6.45, 7) is 7.27. The van der Waals surface area contributed by atoms with Crippen LogP contribution in [0.4, 0.5) is 0 Å². The molecule has 1 saturated carbocycles. The molecule has 24 heavy (non-hydrogen) atoms. The Morgan fingerprint density at radius 3 is 2.75 bits per heavy atom. The first-order valence-electron chi connectivity index (χ1n) is 7.58. The van der Waals surface area contributed by atoms with Crippen molar-refractivity contribution in [1.29, 1.82) is 0 Å². The van der Waals surface area contributed by atoms with Gasteiger partial charge in [0.1, 0.15) is 11.9 Å². The minimum absolute atomic E-state index is 0.141. The number of phosphoric ester groups is 1. The van der Waals surface area contributed by atoms with E-state index in [1.54, 1.807) is 24.9 Å². The second-order valence-corrected chi connectivity index (χ2v) is 7.81. The zero-order valence-electron chi connectivity index (χ0n) is 13.4. The molecule has 134 valence electrons. The van der Waals surface area contributed by atoms with Gasteiger partial charge in [-0.05, 0) is 20.3 Å². The second-order valence-electron chi connectivity index (χ2n) is 6.57. The van der Waals surface area contributed by atoms with E-state index in [4.69, 9.17) is 19.3 Å². The predicted molar refractivity (Wildman–Crippen MR) is 82.0 cm³/mol. The molecule has 3 N–H and O–H groups in total. The molecule has 0 spiro atoms. The number of phosphoric acid groups is 1. The first-order chi connectivity index (χ1) is 11.1. The molecule has 0 aromatic heterocycles.